The van der Waals surface area contributed by atoms with Crippen molar-refractivity contribution in [3.8, 4) is 11.5 Å². The van der Waals surface area contributed by atoms with Crippen molar-refractivity contribution in [1.82, 2.24) is 5.32 Å². The predicted molar refractivity (Wildman–Crippen MR) is 101 cm³/mol. The van der Waals surface area contributed by atoms with E-state index in [-0.39, 0.29) is 24.3 Å². The molecule has 0 saturated heterocycles. The molecule has 0 fully saturated rings. The Morgan fingerprint density at radius 2 is 1.85 bits per heavy atom. The largest absolute Gasteiger partial charge is 0.497 e. The summed E-state index contributed by atoms with van der Waals surface area (Å²) in [6.45, 7) is 3.27. The van der Waals surface area contributed by atoms with E-state index in [2.05, 4.69) is 17.4 Å². The van der Waals surface area contributed by atoms with Crippen molar-refractivity contribution < 1.29 is 19.1 Å². The molecule has 138 valence electrons. The van der Waals surface area contributed by atoms with Crippen molar-refractivity contribution in [3.05, 3.63) is 59.7 Å². The van der Waals surface area contributed by atoms with Gasteiger partial charge in [-0.15, -0.1) is 0 Å². The van der Waals surface area contributed by atoms with Gasteiger partial charge < -0.3 is 14.8 Å². The predicted octanol–water partition coefficient (Wildman–Crippen LogP) is 3.41. The van der Waals surface area contributed by atoms with Gasteiger partial charge in [-0.25, -0.2) is 0 Å². The summed E-state index contributed by atoms with van der Waals surface area (Å²) in [5, 5.41) is 2.92. The average Bonchev–Trinajstić information content (AvgIpc) is 2.65. The zero-order valence-electron chi connectivity index (χ0n) is 15.5. The lowest BCUT2D eigenvalue weighted by molar-refractivity contribution is -0.123. The molecule has 0 saturated carbocycles. The Morgan fingerprint density at radius 1 is 1.12 bits per heavy atom. The summed E-state index contributed by atoms with van der Waals surface area (Å²) in [4.78, 5) is 23.8. The summed E-state index contributed by atoms with van der Waals surface area (Å²) in [6, 6.07) is 15.1. The number of amides is 1. The number of hydrogen-bond donors (Lipinski definition) is 1. The van der Waals surface area contributed by atoms with Crippen LogP contribution in [0, 0.1) is 0 Å². The lowest BCUT2D eigenvalue weighted by atomic mass is 10.1. The monoisotopic (exact) mass is 355 g/mol. The highest BCUT2D eigenvalue weighted by Gasteiger charge is 2.13. The molecule has 0 aliphatic carbocycles. The summed E-state index contributed by atoms with van der Waals surface area (Å²) in [5.41, 5.74) is 1.67. The molecule has 0 aliphatic rings. The molecule has 2 rings (SSSR count). The SMILES string of the molecule is COc1ccc(C(C)=O)c(OCC(=O)N[C@H](C)CCc2ccccc2)c1. The highest BCUT2D eigenvalue weighted by atomic mass is 16.5. The summed E-state index contributed by atoms with van der Waals surface area (Å²) in [5.74, 6) is 0.577. The van der Waals surface area contributed by atoms with E-state index in [0.717, 1.165) is 12.8 Å². The fourth-order valence-electron chi connectivity index (χ4n) is 2.60. The van der Waals surface area contributed by atoms with Crippen LogP contribution in [0.25, 0.3) is 0 Å². The minimum absolute atomic E-state index is 0.0314. The molecule has 0 unspecified atom stereocenters. The van der Waals surface area contributed by atoms with Crippen molar-refractivity contribution in [1.29, 1.82) is 0 Å². The first-order valence-corrected chi connectivity index (χ1v) is 8.64. The van der Waals surface area contributed by atoms with Gasteiger partial charge in [-0.05, 0) is 44.4 Å². The Bertz CT molecular complexity index is 743. The summed E-state index contributed by atoms with van der Waals surface area (Å²) >= 11 is 0. The normalized spacial score (nSPS) is 11.5. The smallest absolute Gasteiger partial charge is 0.258 e. The minimum Gasteiger partial charge on any atom is -0.497 e. The van der Waals surface area contributed by atoms with E-state index in [4.69, 9.17) is 9.47 Å². The zero-order valence-corrected chi connectivity index (χ0v) is 15.5. The van der Waals surface area contributed by atoms with Crippen LogP contribution in [-0.4, -0.2) is 31.4 Å². The van der Waals surface area contributed by atoms with E-state index in [9.17, 15) is 9.59 Å². The maximum atomic E-state index is 12.1. The van der Waals surface area contributed by atoms with Crippen molar-refractivity contribution in [2.75, 3.05) is 13.7 Å². The second-order valence-electron chi connectivity index (χ2n) is 6.20. The van der Waals surface area contributed by atoms with Gasteiger partial charge in [-0.3, -0.25) is 9.59 Å². The molecular weight excluding hydrogens is 330 g/mol. The maximum Gasteiger partial charge on any atom is 0.258 e. The molecule has 0 spiro atoms. The number of aryl methyl sites for hydroxylation is 1. The van der Waals surface area contributed by atoms with Gasteiger partial charge in [0.1, 0.15) is 11.5 Å². The van der Waals surface area contributed by atoms with Crippen LogP contribution in [0.4, 0.5) is 0 Å². The average molecular weight is 355 g/mol. The maximum absolute atomic E-state index is 12.1. The Kier molecular flexibility index (Phi) is 7.21. The molecule has 0 radical (unpaired) electrons. The third-order valence-corrected chi connectivity index (χ3v) is 4.04. The van der Waals surface area contributed by atoms with E-state index in [1.165, 1.54) is 19.6 Å². The van der Waals surface area contributed by atoms with Crippen LogP contribution in [0.2, 0.25) is 0 Å². The van der Waals surface area contributed by atoms with E-state index in [1.54, 1.807) is 18.2 Å². The highest BCUT2D eigenvalue weighted by molar-refractivity contribution is 5.97. The molecule has 0 bridgehead atoms. The van der Waals surface area contributed by atoms with Crippen LogP contribution >= 0.6 is 0 Å². The number of nitrogens with one attached hydrogen (secondary N) is 1. The van der Waals surface area contributed by atoms with Crippen molar-refractivity contribution in [2.45, 2.75) is 32.7 Å². The fourth-order valence-corrected chi connectivity index (χ4v) is 2.60. The fraction of sp³-hybridized carbons (Fsp3) is 0.333. The molecule has 2 aromatic carbocycles. The number of Topliss-reactive ketones (excluding diaryl/α,β-unsaturated/α-hetero) is 1. The second kappa shape index (κ2) is 9.61. The number of carbonyl (C=O) groups is 2. The van der Waals surface area contributed by atoms with Crippen LogP contribution < -0.4 is 14.8 Å². The van der Waals surface area contributed by atoms with E-state index >= 15 is 0 Å². The van der Waals surface area contributed by atoms with Crippen molar-refractivity contribution in [2.24, 2.45) is 0 Å². The van der Waals surface area contributed by atoms with Gasteiger partial charge in [-0.2, -0.15) is 0 Å². The first-order chi connectivity index (χ1) is 12.5. The second-order valence-corrected chi connectivity index (χ2v) is 6.20. The molecule has 0 aliphatic heterocycles. The van der Waals surface area contributed by atoms with Gasteiger partial charge in [-0.1, -0.05) is 30.3 Å². The van der Waals surface area contributed by atoms with Gasteiger partial charge in [0.05, 0.1) is 12.7 Å². The Hall–Kier alpha value is -2.82. The standard InChI is InChI=1S/C21H25NO4/c1-15(9-10-17-7-5-4-6-8-17)22-21(24)14-26-20-13-18(25-3)11-12-19(20)16(2)23/h4-8,11-13,15H,9-10,14H2,1-3H3,(H,22,24)/t15-/m1/s1. The van der Waals surface area contributed by atoms with Crippen molar-refractivity contribution in [3.63, 3.8) is 0 Å². The summed E-state index contributed by atoms with van der Waals surface area (Å²) < 4.78 is 10.7. The third-order valence-electron chi connectivity index (χ3n) is 4.04. The Morgan fingerprint density at radius 3 is 2.50 bits per heavy atom. The molecular formula is C21H25NO4. The lowest BCUT2D eigenvalue weighted by Crippen LogP contribution is -2.36. The number of ether oxygens (including phenoxy) is 2. The molecule has 5 nitrogen and oxygen atoms in total. The quantitative estimate of drug-likeness (QED) is 0.700. The summed E-state index contributed by atoms with van der Waals surface area (Å²) in [7, 11) is 1.54. The number of hydrogen-bond acceptors (Lipinski definition) is 4. The number of ketones is 1. The first-order valence-electron chi connectivity index (χ1n) is 8.64. The molecule has 26 heavy (non-hydrogen) atoms. The van der Waals surface area contributed by atoms with Gasteiger partial charge in [0.25, 0.3) is 5.91 Å². The topological polar surface area (TPSA) is 64.6 Å². The lowest BCUT2D eigenvalue weighted by Gasteiger charge is -2.15. The molecule has 0 aromatic heterocycles. The van der Waals surface area contributed by atoms with Gasteiger partial charge in [0, 0.05) is 12.1 Å². The van der Waals surface area contributed by atoms with E-state index < -0.39 is 0 Å². The highest BCUT2D eigenvalue weighted by Crippen LogP contribution is 2.25. The number of carbonyl (C=O) groups excluding carboxylic acids is 2. The first kappa shape index (κ1) is 19.5. The van der Waals surface area contributed by atoms with E-state index in [0.29, 0.717) is 17.1 Å². The molecule has 5 heteroatoms. The molecule has 1 atom stereocenters. The van der Waals surface area contributed by atoms with Crippen LogP contribution in [0.3, 0.4) is 0 Å². The van der Waals surface area contributed by atoms with Crippen LogP contribution in [0.1, 0.15) is 36.2 Å². The van der Waals surface area contributed by atoms with Crippen LogP contribution in [-0.2, 0) is 11.2 Å². The summed E-state index contributed by atoms with van der Waals surface area (Å²) in [6.07, 6.45) is 1.74. The third kappa shape index (κ3) is 5.92. The number of methoxy groups -OCH3 is 1. The number of benzene rings is 2. The van der Waals surface area contributed by atoms with Crippen LogP contribution in [0.5, 0.6) is 11.5 Å². The van der Waals surface area contributed by atoms with Gasteiger partial charge in [0.15, 0.2) is 12.4 Å². The molecule has 1 amide bonds. The molecule has 0 heterocycles. The minimum atomic E-state index is -0.220. The zero-order chi connectivity index (χ0) is 18.9. The Labute approximate surface area is 154 Å². The van der Waals surface area contributed by atoms with E-state index in [1.807, 2.05) is 25.1 Å². The molecule has 1 N–H and O–H groups in total. The van der Waals surface area contributed by atoms with Gasteiger partial charge in [0.2, 0.25) is 0 Å². The van der Waals surface area contributed by atoms with Crippen LogP contribution in [0.15, 0.2) is 48.5 Å². The number of rotatable bonds is 9. The Balaban J connectivity index is 1.85. The molecule has 2 aromatic rings. The van der Waals surface area contributed by atoms with Gasteiger partial charge >= 0.3 is 0 Å². The van der Waals surface area contributed by atoms with Crippen molar-refractivity contribution >= 4 is 11.7 Å².